The van der Waals surface area contributed by atoms with E-state index in [1.54, 1.807) is 6.92 Å². The SMILES string of the molecule is CC(C)CCN(CCC(C)C)CC(C)(N)C(N)=O. The molecule has 0 saturated heterocycles. The molecule has 108 valence electrons. The number of nitrogens with two attached hydrogens (primary N) is 2. The van der Waals surface area contributed by atoms with Crippen molar-refractivity contribution < 1.29 is 4.79 Å². The fraction of sp³-hybridized carbons (Fsp3) is 0.929. The quantitative estimate of drug-likeness (QED) is 0.659. The topological polar surface area (TPSA) is 72.3 Å². The lowest BCUT2D eigenvalue weighted by Crippen LogP contribution is -2.57. The fourth-order valence-electron chi connectivity index (χ4n) is 1.69. The number of rotatable bonds is 9. The Labute approximate surface area is 112 Å². The molecule has 0 bridgehead atoms. The monoisotopic (exact) mass is 257 g/mol. The molecule has 4 N–H and O–H groups in total. The van der Waals surface area contributed by atoms with E-state index in [2.05, 4.69) is 32.6 Å². The summed E-state index contributed by atoms with van der Waals surface area (Å²) >= 11 is 0. The Hall–Kier alpha value is -0.610. The van der Waals surface area contributed by atoms with Gasteiger partial charge in [-0.05, 0) is 44.7 Å². The smallest absolute Gasteiger partial charge is 0.238 e. The molecule has 0 aromatic carbocycles. The molecule has 0 saturated carbocycles. The van der Waals surface area contributed by atoms with Gasteiger partial charge < -0.3 is 16.4 Å². The molecular formula is C14H31N3O. The van der Waals surface area contributed by atoms with E-state index in [4.69, 9.17) is 11.5 Å². The van der Waals surface area contributed by atoms with Crippen LogP contribution in [0, 0.1) is 11.8 Å². The zero-order valence-corrected chi connectivity index (χ0v) is 12.7. The molecule has 4 heteroatoms. The molecule has 1 atom stereocenters. The summed E-state index contributed by atoms with van der Waals surface area (Å²) in [6.45, 7) is 13.0. The molecule has 1 unspecified atom stereocenters. The third-order valence-electron chi connectivity index (χ3n) is 3.16. The van der Waals surface area contributed by atoms with Crippen molar-refractivity contribution in [2.45, 2.75) is 53.0 Å². The summed E-state index contributed by atoms with van der Waals surface area (Å²) in [5.41, 5.74) is 10.4. The molecule has 0 rings (SSSR count). The van der Waals surface area contributed by atoms with Crippen molar-refractivity contribution in [1.82, 2.24) is 4.90 Å². The Bertz CT molecular complexity index is 237. The number of hydrogen-bond acceptors (Lipinski definition) is 3. The fourth-order valence-corrected chi connectivity index (χ4v) is 1.69. The van der Waals surface area contributed by atoms with Gasteiger partial charge in [0.2, 0.25) is 5.91 Å². The average molecular weight is 257 g/mol. The Balaban J connectivity index is 4.40. The first-order valence-corrected chi connectivity index (χ1v) is 6.96. The Morgan fingerprint density at radius 3 is 1.78 bits per heavy atom. The molecule has 18 heavy (non-hydrogen) atoms. The highest BCUT2D eigenvalue weighted by molar-refractivity contribution is 5.84. The number of amides is 1. The lowest BCUT2D eigenvalue weighted by molar-refractivity contribution is -0.123. The second kappa shape index (κ2) is 7.74. The van der Waals surface area contributed by atoms with E-state index in [1.165, 1.54) is 0 Å². The van der Waals surface area contributed by atoms with Crippen molar-refractivity contribution in [3.05, 3.63) is 0 Å². The lowest BCUT2D eigenvalue weighted by atomic mass is 10.0. The maximum Gasteiger partial charge on any atom is 0.238 e. The first kappa shape index (κ1) is 17.4. The molecule has 0 aliphatic heterocycles. The molecule has 0 fully saturated rings. The van der Waals surface area contributed by atoms with Crippen molar-refractivity contribution in [2.24, 2.45) is 23.3 Å². The van der Waals surface area contributed by atoms with Crippen LogP contribution in [0.1, 0.15) is 47.5 Å². The largest absolute Gasteiger partial charge is 0.368 e. The highest BCUT2D eigenvalue weighted by atomic mass is 16.1. The minimum Gasteiger partial charge on any atom is -0.368 e. The van der Waals surface area contributed by atoms with Gasteiger partial charge in [0, 0.05) is 6.54 Å². The van der Waals surface area contributed by atoms with Crippen LogP contribution in [0.2, 0.25) is 0 Å². The number of nitrogens with zero attached hydrogens (tertiary/aromatic N) is 1. The number of primary amides is 1. The Morgan fingerprint density at radius 1 is 1.11 bits per heavy atom. The van der Waals surface area contributed by atoms with Crippen LogP contribution in [0.4, 0.5) is 0 Å². The van der Waals surface area contributed by atoms with E-state index in [9.17, 15) is 4.79 Å². The summed E-state index contributed by atoms with van der Waals surface area (Å²) in [4.78, 5) is 13.6. The van der Waals surface area contributed by atoms with Crippen LogP contribution in [-0.2, 0) is 4.79 Å². The zero-order chi connectivity index (χ0) is 14.3. The molecule has 0 aromatic rings. The third kappa shape index (κ3) is 7.67. The number of carbonyl (C=O) groups excluding carboxylic acids is 1. The van der Waals surface area contributed by atoms with Crippen LogP contribution in [0.15, 0.2) is 0 Å². The third-order valence-corrected chi connectivity index (χ3v) is 3.16. The van der Waals surface area contributed by atoms with E-state index in [0.717, 1.165) is 25.9 Å². The predicted octanol–water partition coefficient (Wildman–Crippen LogP) is 1.58. The van der Waals surface area contributed by atoms with Gasteiger partial charge >= 0.3 is 0 Å². The molecule has 0 spiro atoms. The molecule has 0 aromatic heterocycles. The van der Waals surface area contributed by atoms with E-state index in [-0.39, 0.29) is 0 Å². The molecule has 1 amide bonds. The molecule has 0 aliphatic rings. The van der Waals surface area contributed by atoms with Gasteiger partial charge in [-0.15, -0.1) is 0 Å². The van der Waals surface area contributed by atoms with Crippen molar-refractivity contribution in [1.29, 1.82) is 0 Å². The summed E-state index contributed by atoms with van der Waals surface area (Å²) in [5, 5.41) is 0. The van der Waals surface area contributed by atoms with Crippen LogP contribution in [-0.4, -0.2) is 36.0 Å². The highest BCUT2D eigenvalue weighted by Gasteiger charge is 2.28. The molecule has 4 nitrogen and oxygen atoms in total. The second-order valence-corrected chi connectivity index (χ2v) is 6.42. The van der Waals surface area contributed by atoms with Gasteiger partial charge in [0.25, 0.3) is 0 Å². The van der Waals surface area contributed by atoms with Crippen molar-refractivity contribution in [2.75, 3.05) is 19.6 Å². The first-order valence-electron chi connectivity index (χ1n) is 6.96. The minimum absolute atomic E-state index is 0.429. The lowest BCUT2D eigenvalue weighted by Gasteiger charge is -2.31. The number of hydrogen-bond donors (Lipinski definition) is 2. The molecule has 0 radical (unpaired) electrons. The van der Waals surface area contributed by atoms with Crippen molar-refractivity contribution in [3.8, 4) is 0 Å². The van der Waals surface area contributed by atoms with Crippen molar-refractivity contribution >= 4 is 5.91 Å². The van der Waals surface area contributed by atoms with Gasteiger partial charge in [-0.25, -0.2) is 0 Å². The first-order chi connectivity index (χ1) is 8.15. The standard InChI is InChI=1S/C14H31N3O/c1-11(2)6-8-17(9-7-12(3)4)10-14(5,16)13(15)18/h11-12H,6-10,16H2,1-5H3,(H2,15,18). The van der Waals surface area contributed by atoms with Crippen LogP contribution < -0.4 is 11.5 Å². The van der Waals surface area contributed by atoms with Gasteiger partial charge in [-0.3, -0.25) is 4.79 Å². The second-order valence-electron chi connectivity index (χ2n) is 6.42. The predicted molar refractivity (Wildman–Crippen MR) is 77.1 cm³/mol. The normalized spacial score (nSPS) is 15.4. The summed E-state index contributed by atoms with van der Waals surface area (Å²) < 4.78 is 0. The van der Waals surface area contributed by atoms with Crippen LogP contribution in [0.5, 0.6) is 0 Å². The minimum atomic E-state index is -0.937. The maximum absolute atomic E-state index is 11.3. The molecular weight excluding hydrogens is 226 g/mol. The summed E-state index contributed by atoms with van der Waals surface area (Å²) in [7, 11) is 0. The summed E-state index contributed by atoms with van der Waals surface area (Å²) in [5.74, 6) is 0.884. The van der Waals surface area contributed by atoms with E-state index in [1.807, 2.05) is 0 Å². The average Bonchev–Trinajstić information content (AvgIpc) is 2.21. The summed E-state index contributed by atoms with van der Waals surface area (Å²) in [6.07, 6.45) is 2.24. The van der Waals surface area contributed by atoms with Gasteiger partial charge in [0.1, 0.15) is 5.54 Å². The molecule has 0 heterocycles. The Kier molecular flexibility index (Phi) is 7.48. The number of carbonyl (C=O) groups is 1. The van der Waals surface area contributed by atoms with Crippen LogP contribution >= 0.6 is 0 Å². The van der Waals surface area contributed by atoms with E-state index in [0.29, 0.717) is 18.4 Å². The van der Waals surface area contributed by atoms with E-state index < -0.39 is 11.4 Å². The summed E-state index contributed by atoms with van der Waals surface area (Å²) in [6, 6.07) is 0. The van der Waals surface area contributed by atoms with Crippen LogP contribution in [0.3, 0.4) is 0 Å². The highest BCUT2D eigenvalue weighted by Crippen LogP contribution is 2.10. The van der Waals surface area contributed by atoms with Crippen molar-refractivity contribution in [3.63, 3.8) is 0 Å². The van der Waals surface area contributed by atoms with Gasteiger partial charge in [0.05, 0.1) is 0 Å². The zero-order valence-electron chi connectivity index (χ0n) is 12.7. The Morgan fingerprint density at radius 2 is 1.50 bits per heavy atom. The maximum atomic E-state index is 11.3. The van der Waals surface area contributed by atoms with Crippen LogP contribution in [0.25, 0.3) is 0 Å². The van der Waals surface area contributed by atoms with E-state index >= 15 is 0 Å². The van der Waals surface area contributed by atoms with Gasteiger partial charge in [0.15, 0.2) is 0 Å². The molecule has 0 aliphatic carbocycles. The van der Waals surface area contributed by atoms with Gasteiger partial charge in [-0.1, -0.05) is 27.7 Å². The van der Waals surface area contributed by atoms with Gasteiger partial charge in [-0.2, -0.15) is 0 Å².